The number of benzene rings is 1. The van der Waals surface area contributed by atoms with Crippen molar-refractivity contribution in [2.75, 3.05) is 38.3 Å². The molecule has 0 N–H and O–H groups in total. The summed E-state index contributed by atoms with van der Waals surface area (Å²) in [6.07, 6.45) is 0. The van der Waals surface area contributed by atoms with E-state index in [-0.39, 0.29) is 36.1 Å². The zero-order valence-electron chi connectivity index (χ0n) is 16.0. The summed E-state index contributed by atoms with van der Waals surface area (Å²) in [6.45, 7) is 5.07. The Labute approximate surface area is 161 Å². The van der Waals surface area contributed by atoms with Gasteiger partial charge in [0, 0.05) is 18.8 Å². The van der Waals surface area contributed by atoms with Crippen LogP contribution in [-0.2, 0) is 29.4 Å². The van der Waals surface area contributed by atoms with Gasteiger partial charge in [0.05, 0.1) is 23.7 Å². The van der Waals surface area contributed by atoms with Gasteiger partial charge in [-0.05, 0) is 24.3 Å². The zero-order valence-corrected chi connectivity index (χ0v) is 17.7. The number of ether oxygens (including phenoxy) is 2. The van der Waals surface area contributed by atoms with Gasteiger partial charge in [-0.2, -0.15) is 4.31 Å². The summed E-state index contributed by atoms with van der Waals surface area (Å²) in [5.41, 5.74) is 0. The summed E-state index contributed by atoms with van der Waals surface area (Å²) in [5, 5.41) is 0. The van der Waals surface area contributed by atoms with Crippen LogP contribution in [0.4, 0.5) is 0 Å². The van der Waals surface area contributed by atoms with Gasteiger partial charge in [0.2, 0.25) is 10.0 Å². The number of hydrogen-bond acceptors (Lipinski definition) is 7. The van der Waals surface area contributed by atoms with Crippen molar-refractivity contribution in [3.05, 3.63) is 24.3 Å². The Morgan fingerprint density at radius 3 is 2.19 bits per heavy atom. The molecule has 0 spiro atoms. The number of esters is 1. The van der Waals surface area contributed by atoms with Crippen LogP contribution in [0.1, 0.15) is 20.8 Å². The average molecular weight is 422 g/mol. The van der Waals surface area contributed by atoms with Gasteiger partial charge >= 0.3 is 5.97 Å². The summed E-state index contributed by atoms with van der Waals surface area (Å²) >= 11 is 0. The number of sulfonamides is 1. The smallest absolute Gasteiger partial charge is 0.309 e. The highest BCUT2D eigenvalue weighted by Crippen LogP contribution is 2.21. The standard InChI is InChI=1S/C17H27NO7S2/c1-5-18(13-14(3)17(19)24-4)27(22,23)16-9-7-15(8-10-16)25-11-12-26(20,21)6-2/h7-10,14H,5-6,11-13H2,1-4H3. The maximum absolute atomic E-state index is 12.8. The lowest BCUT2D eigenvalue weighted by atomic mass is 10.2. The molecule has 0 saturated heterocycles. The SMILES string of the molecule is CCN(CC(C)C(=O)OC)S(=O)(=O)c1ccc(OCCS(=O)(=O)CC)cc1. The highest BCUT2D eigenvalue weighted by Gasteiger charge is 2.27. The zero-order chi connectivity index (χ0) is 20.7. The molecule has 10 heteroatoms. The molecule has 0 bridgehead atoms. The van der Waals surface area contributed by atoms with Gasteiger partial charge in [-0.3, -0.25) is 4.79 Å². The van der Waals surface area contributed by atoms with E-state index in [9.17, 15) is 21.6 Å². The largest absolute Gasteiger partial charge is 0.493 e. The second kappa shape index (κ2) is 10.0. The molecule has 1 rings (SSSR count). The third kappa shape index (κ3) is 6.78. The normalized spacial score (nSPS) is 13.4. The molecule has 1 aromatic rings. The fourth-order valence-electron chi connectivity index (χ4n) is 2.27. The summed E-state index contributed by atoms with van der Waals surface area (Å²) in [5.74, 6) is -0.739. The number of nitrogens with zero attached hydrogens (tertiary/aromatic N) is 1. The third-order valence-corrected chi connectivity index (χ3v) is 7.62. The van der Waals surface area contributed by atoms with Crippen LogP contribution in [0.2, 0.25) is 0 Å². The van der Waals surface area contributed by atoms with Crippen molar-refractivity contribution >= 4 is 25.8 Å². The minimum atomic E-state index is -3.78. The molecular weight excluding hydrogens is 394 g/mol. The summed E-state index contributed by atoms with van der Waals surface area (Å²) in [7, 11) is -5.64. The van der Waals surface area contributed by atoms with Gasteiger partial charge in [-0.1, -0.05) is 20.8 Å². The van der Waals surface area contributed by atoms with Crippen molar-refractivity contribution in [2.45, 2.75) is 25.7 Å². The number of sulfone groups is 1. The number of methoxy groups -OCH3 is 1. The average Bonchev–Trinajstić information content (AvgIpc) is 2.65. The molecule has 27 heavy (non-hydrogen) atoms. The molecule has 0 fully saturated rings. The first-order valence-corrected chi connectivity index (χ1v) is 11.8. The van der Waals surface area contributed by atoms with Gasteiger partial charge in [0.25, 0.3) is 0 Å². The Balaban J connectivity index is 2.83. The maximum atomic E-state index is 12.8. The van der Waals surface area contributed by atoms with Crippen LogP contribution in [0.3, 0.4) is 0 Å². The van der Waals surface area contributed by atoms with Crippen molar-refractivity contribution in [2.24, 2.45) is 5.92 Å². The Bertz CT molecular complexity index is 817. The van der Waals surface area contributed by atoms with Crippen LogP contribution >= 0.6 is 0 Å². The topological polar surface area (TPSA) is 107 Å². The maximum Gasteiger partial charge on any atom is 0.309 e. The Morgan fingerprint density at radius 1 is 1.11 bits per heavy atom. The monoisotopic (exact) mass is 421 g/mol. The van der Waals surface area contributed by atoms with Gasteiger partial charge in [0.1, 0.15) is 12.4 Å². The molecule has 1 aromatic carbocycles. The number of carbonyl (C=O) groups is 1. The molecule has 0 aliphatic heterocycles. The summed E-state index contributed by atoms with van der Waals surface area (Å²) < 4.78 is 59.6. The fourth-order valence-corrected chi connectivity index (χ4v) is 4.43. The van der Waals surface area contributed by atoms with E-state index in [2.05, 4.69) is 4.74 Å². The molecule has 1 unspecified atom stereocenters. The minimum Gasteiger partial charge on any atom is -0.493 e. The van der Waals surface area contributed by atoms with Crippen LogP contribution in [0, 0.1) is 5.92 Å². The number of hydrogen-bond donors (Lipinski definition) is 0. The summed E-state index contributed by atoms with van der Waals surface area (Å²) in [4.78, 5) is 11.6. The van der Waals surface area contributed by atoms with Crippen molar-refractivity contribution in [3.63, 3.8) is 0 Å². The lowest BCUT2D eigenvalue weighted by molar-refractivity contribution is -0.145. The number of rotatable bonds is 11. The quantitative estimate of drug-likeness (QED) is 0.496. The van der Waals surface area contributed by atoms with E-state index < -0.39 is 31.7 Å². The van der Waals surface area contributed by atoms with Crippen LogP contribution in [0.25, 0.3) is 0 Å². The highest BCUT2D eigenvalue weighted by atomic mass is 32.2. The molecule has 1 atom stereocenters. The van der Waals surface area contributed by atoms with Gasteiger partial charge in [-0.25, -0.2) is 16.8 Å². The van der Waals surface area contributed by atoms with Gasteiger partial charge in [-0.15, -0.1) is 0 Å². The molecule has 154 valence electrons. The molecule has 0 amide bonds. The van der Waals surface area contributed by atoms with Crippen LogP contribution in [0.15, 0.2) is 29.2 Å². The third-order valence-electron chi connectivity index (χ3n) is 4.00. The molecule has 0 saturated carbocycles. The molecule has 0 aliphatic carbocycles. The predicted molar refractivity (Wildman–Crippen MR) is 102 cm³/mol. The first-order valence-electron chi connectivity index (χ1n) is 8.58. The second-order valence-corrected chi connectivity index (χ2v) is 10.3. The van der Waals surface area contributed by atoms with E-state index in [1.165, 1.54) is 35.7 Å². The predicted octanol–water partition coefficient (Wildman–Crippen LogP) is 1.32. The van der Waals surface area contributed by atoms with Crippen molar-refractivity contribution < 1.29 is 31.1 Å². The van der Waals surface area contributed by atoms with E-state index in [1.54, 1.807) is 20.8 Å². The molecule has 0 radical (unpaired) electrons. The Hall–Kier alpha value is -1.65. The van der Waals surface area contributed by atoms with E-state index >= 15 is 0 Å². The molecule has 8 nitrogen and oxygen atoms in total. The molecular formula is C17H27NO7S2. The second-order valence-electron chi connectivity index (χ2n) is 5.94. The molecule has 0 heterocycles. The van der Waals surface area contributed by atoms with Crippen LogP contribution in [0.5, 0.6) is 5.75 Å². The van der Waals surface area contributed by atoms with E-state index in [4.69, 9.17) is 4.74 Å². The minimum absolute atomic E-state index is 0.000000960. The fraction of sp³-hybridized carbons (Fsp3) is 0.588. The summed E-state index contributed by atoms with van der Waals surface area (Å²) in [6, 6.07) is 5.74. The molecule has 0 aliphatic rings. The van der Waals surface area contributed by atoms with Crippen LogP contribution < -0.4 is 4.74 Å². The van der Waals surface area contributed by atoms with E-state index in [0.717, 1.165) is 0 Å². The number of carbonyl (C=O) groups excluding carboxylic acids is 1. The van der Waals surface area contributed by atoms with Crippen molar-refractivity contribution in [3.8, 4) is 5.75 Å². The van der Waals surface area contributed by atoms with Crippen LogP contribution in [-0.4, -0.2) is 65.4 Å². The van der Waals surface area contributed by atoms with Crippen molar-refractivity contribution in [1.82, 2.24) is 4.31 Å². The van der Waals surface area contributed by atoms with E-state index in [0.29, 0.717) is 5.75 Å². The first-order chi connectivity index (χ1) is 12.6. The Kier molecular flexibility index (Phi) is 8.70. The van der Waals surface area contributed by atoms with E-state index in [1.807, 2.05) is 0 Å². The van der Waals surface area contributed by atoms with Gasteiger partial charge < -0.3 is 9.47 Å². The lowest BCUT2D eigenvalue weighted by Crippen LogP contribution is -2.37. The first kappa shape index (κ1) is 23.4. The lowest BCUT2D eigenvalue weighted by Gasteiger charge is -2.23. The highest BCUT2D eigenvalue weighted by molar-refractivity contribution is 7.91. The Morgan fingerprint density at radius 2 is 1.70 bits per heavy atom. The van der Waals surface area contributed by atoms with Crippen molar-refractivity contribution in [1.29, 1.82) is 0 Å². The molecule has 0 aromatic heterocycles. The van der Waals surface area contributed by atoms with Gasteiger partial charge in [0.15, 0.2) is 9.84 Å².